The molecule has 144 valence electrons. The third kappa shape index (κ3) is 5.07. The molecule has 1 amide bonds. The van der Waals surface area contributed by atoms with Gasteiger partial charge in [-0.1, -0.05) is 59.6 Å². The summed E-state index contributed by atoms with van der Waals surface area (Å²) in [6.07, 6.45) is 4.30. The van der Waals surface area contributed by atoms with Gasteiger partial charge in [0.1, 0.15) is 11.6 Å². The summed E-state index contributed by atoms with van der Waals surface area (Å²) in [4.78, 5) is 14.5. The molecule has 6 heteroatoms. The number of hydrogen-bond donors (Lipinski definition) is 1. The SMILES string of the molecule is N#C/C(=C/Nc1cccc(Cl)c1Cl)C(=O)N1CCC(Cc2ccccc2)CC1. The number of hydrogen-bond acceptors (Lipinski definition) is 3. The minimum atomic E-state index is -0.258. The van der Waals surface area contributed by atoms with Crippen LogP contribution in [0.2, 0.25) is 10.0 Å². The molecule has 2 aromatic rings. The van der Waals surface area contributed by atoms with E-state index >= 15 is 0 Å². The number of amides is 1. The third-order valence-corrected chi connectivity index (χ3v) is 5.76. The molecule has 1 aliphatic rings. The number of carbonyl (C=O) groups excluding carboxylic acids is 1. The monoisotopic (exact) mass is 413 g/mol. The Bertz CT molecular complexity index is 898. The number of nitrogens with zero attached hydrogens (tertiary/aromatic N) is 2. The van der Waals surface area contributed by atoms with Crippen molar-refractivity contribution in [3.63, 3.8) is 0 Å². The van der Waals surface area contributed by atoms with Gasteiger partial charge < -0.3 is 10.2 Å². The van der Waals surface area contributed by atoms with Crippen molar-refractivity contribution in [1.29, 1.82) is 5.26 Å². The summed E-state index contributed by atoms with van der Waals surface area (Å²) in [5.41, 5.74) is 1.93. The highest BCUT2D eigenvalue weighted by molar-refractivity contribution is 6.43. The van der Waals surface area contributed by atoms with Crippen molar-refractivity contribution < 1.29 is 4.79 Å². The lowest BCUT2D eigenvalue weighted by atomic mass is 9.90. The molecule has 4 nitrogen and oxygen atoms in total. The molecule has 0 atom stereocenters. The predicted octanol–water partition coefficient (Wildman–Crippen LogP) is 5.29. The normalized spacial score (nSPS) is 15.2. The van der Waals surface area contributed by atoms with E-state index in [0.717, 1.165) is 19.3 Å². The number of piperidine rings is 1. The molecule has 0 spiro atoms. The van der Waals surface area contributed by atoms with E-state index in [0.29, 0.717) is 34.7 Å². The molecule has 0 saturated carbocycles. The molecule has 1 N–H and O–H groups in total. The Morgan fingerprint density at radius 2 is 1.86 bits per heavy atom. The van der Waals surface area contributed by atoms with Gasteiger partial charge in [0, 0.05) is 19.3 Å². The highest BCUT2D eigenvalue weighted by atomic mass is 35.5. The molecule has 0 aliphatic carbocycles. The Morgan fingerprint density at radius 3 is 2.54 bits per heavy atom. The molecule has 1 heterocycles. The first-order valence-corrected chi connectivity index (χ1v) is 9.98. The lowest BCUT2D eigenvalue weighted by Crippen LogP contribution is -2.39. The fraction of sp³-hybridized carbons (Fsp3) is 0.273. The van der Waals surface area contributed by atoms with Crippen LogP contribution in [0.5, 0.6) is 0 Å². The van der Waals surface area contributed by atoms with Crippen molar-refractivity contribution in [2.75, 3.05) is 18.4 Å². The van der Waals surface area contributed by atoms with E-state index in [1.165, 1.54) is 11.8 Å². The Morgan fingerprint density at radius 1 is 1.14 bits per heavy atom. The molecule has 0 aromatic heterocycles. The van der Waals surface area contributed by atoms with Gasteiger partial charge >= 0.3 is 0 Å². The summed E-state index contributed by atoms with van der Waals surface area (Å²) in [5.74, 6) is 0.302. The summed E-state index contributed by atoms with van der Waals surface area (Å²) >= 11 is 12.1. The number of halogens is 2. The Kier molecular flexibility index (Phi) is 6.97. The number of carbonyl (C=O) groups is 1. The van der Waals surface area contributed by atoms with Gasteiger partial charge in [-0.25, -0.2) is 0 Å². The summed E-state index contributed by atoms with van der Waals surface area (Å²) in [5, 5.41) is 13.1. The summed E-state index contributed by atoms with van der Waals surface area (Å²) in [6, 6.07) is 17.5. The van der Waals surface area contributed by atoms with Gasteiger partial charge in [0.15, 0.2) is 0 Å². The van der Waals surface area contributed by atoms with E-state index < -0.39 is 0 Å². The van der Waals surface area contributed by atoms with Gasteiger partial charge in [0.2, 0.25) is 0 Å². The average molecular weight is 414 g/mol. The zero-order chi connectivity index (χ0) is 19.9. The quantitative estimate of drug-likeness (QED) is 0.534. The number of benzene rings is 2. The highest BCUT2D eigenvalue weighted by Gasteiger charge is 2.25. The largest absolute Gasteiger partial charge is 0.359 e. The first-order valence-electron chi connectivity index (χ1n) is 9.22. The fourth-order valence-electron chi connectivity index (χ4n) is 3.36. The van der Waals surface area contributed by atoms with Crippen molar-refractivity contribution >= 4 is 34.8 Å². The summed E-state index contributed by atoms with van der Waals surface area (Å²) < 4.78 is 0. The topological polar surface area (TPSA) is 56.1 Å². The molecule has 0 bridgehead atoms. The second-order valence-corrected chi connectivity index (χ2v) is 7.63. The number of nitrogens with one attached hydrogen (secondary N) is 1. The van der Waals surface area contributed by atoms with Gasteiger partial charge in [0.05, 0.1) is 15.7 Å². The molecule has 28 heavy (non-hydrogen) atoms. The Balaban J connectivity index is 1.58. The second kappa shape index (κ2) is 9.64. The van der Waals surface area contributed by atoms with Crippen molar-refractivity contribution in [2.45, 2.75) is 19.3 Å². The lowest BCUT2D eigenvalue weighted by molar-refractivity contribution is -0.128. The van der Waals surface area contributed by atoms with E-state index in [4.69, 9.17) is 23.2 Å². The van der Waals surface area contributed by atoms with Crippen LogP contribution in [0, 0.1) is 17.2 Å². The molecule has 3 rings (SSSR count). The Labute approximate surface area is 175 Å². The fourth-order valence-corrected chi connectivity index (χ4v) is 3.72. The first kappa shape index (κ1) is 20.3. The van der Waals surface area contributed by atoms with Crippen LogP contribution in [0.1, 0.15) is 18.4 Å². The maximum atomic E-state index is 12.7. The molecule has 1 saturated heterocycles. The van der Waals surface area contributed by atoms with Gasteiger partial charge in [-0.15, -0.1) is 0 Å². The number of nitriles is 1. The molecular formula is C22H21Cl2N3O. The lowest BCUT2D eigenvalue weighted by Gasteiger charge is -2.32. The summed E-state index contributed by atoms with van der Waals surface area (Å²) in [6.45, 7) is 1.32. The van der Waals surface area contributed by atoms with E-state index in [-0.39, 0.29) is 11.5 Å². The molecule has 0 unspecified atom stereocenters. The van der Waals surface area contributed by atoms with Crippen LogP contribution in [0.4, 0.5) is 5.69 Å². The van der Waals surface area contributed by atoms with Crippen LogP contribution in [0.25, 0.3) is 0 Å². The number of likely N-dealkylation sites (tertiary alicyclic amines) is 1. The maximum absolute atomic E-state index is 12.7. The summed E-state index contributed by atoms with van der Waals surface area (Å²) in [7, 11) is 0. The molecule has 0 radical (unpaired) electrons. The van der Waals surface area contributed by atoms with Gasteiger partial charge in [-0.05, 0) is 42.9 Å². The average Bonchev–Trinajstić information content (AvgIpc) is 2.72. The van der Waals surface area contributed by atoms with Gasteiger partial charge in [0.25, 0.3) is 5.91 Å². The highest BCUT2D eigenvalue weighted by Crippen LogP contribution is 2.29. The zero-order valence-corrected chi connectivity index (χ0v) is 16.9. The van der Waals surface area contributed by atoms with Gasteiger partial charge in [-0.3, -0.25) is 4.79 Å². The van der Waals surface area contributed by atoms with E-state index in [1.807, 2.05) is 12.1 Å². The number of rotatable bonds is 5. The van der Waals surface area contributed by atoms with E-state index in [9.17, 15) is 10.1 Å². The molecule has 1 aliphatic heterocycles. The minimum absolute atomic E-state index is 0.0533. The third-order valence-electron chi connectivity index (χ3n) is 4.94. The van der Waals surface area contributed by atoms with Crippen molar-refractivity contribution in [1.82, 2.24) is 4.90 Å². The maximum Gasteiger partial charge on any atom is 0.266 e. The Hall–Kier alpha value is -2.48. The smallest absolute Gasteiger partial charge is 0.266 e. The first-order chi connectivity index (χ1) is 13.6. The molecule has 1 fully saturated rings. The van der Waals surface area contributed by atoms with Crippen LogP contribution < -0.4 is 5.32 Å². The van der Waals surface area contributed by atoms with E-state index in [2.05, 4.69) is 29.6 Å². The zero-order valence-electron chi connectivity index (χ0n) is 15.4. The number of anilines is 1. The minimum Gasteiger partial charge on any atom is -0.359 e. The van der Waals surface area contributed by atoms with E-state index in [1.54, 1.807) is 23.1 Å². The van der Waals surface area contributed by atoms with Crippen molar-refractivity contribution in [2.24, 2.45) is 5.92 Å². The van der Waals surface area contributed by atoms with Crippen LogP contribution in [0.15, 0.2) is 60.3 Å². The van der Waals surface area contributed by atoms with Crippen LogP contribution in [0.3, 0.4) is 0 Å². The van der Waals surface area contributed by atoms with Crippen LogP contribution in [-0.4, -0.2) is 23.9 Å². The molecule has 2 aromatic carbocycles. The molecular weight excluding hydrogens is 393 g/mol. The van der Waals surface area contributed by atoms with Crippen molar-refractivity contribution in [3.05, 3.63) is 75.9 Å². The van der Waals surface area contributed by atoms with Crippen LogP contribution >= 0.6 is 23.2 Å². The standard InChI is InChI=1S/C22H21Cl2N3O/c23-19-7-4-8-20(21(19)24)26-15-18(14-25)22(28)27-11-9-17(10-12-27)13-16-5-2-1-3-6-16/h1-8,15,17,26H,9-13H2/b18-15-. The second-order valence-electron chi connectivity index (χ2n) is 6.84. The van der Waals surface area contributed by atoms with Gasteiger partial charge in [-0.2, -0.15) is 5.26 Å². The van der Waals surface area contributed by atoms with Crippen LogP contribution in [-0.2, 0) is 11.2 Å². The van der Waals surface area contributed by atoms with Crippen molar-refractivity contribution in [3.8, 4) is 6.07 Å². The predicted molar refractivity (Wildman–Crippen MR) is 113 cm³/mol.